The molecule has 0 saturated carbocycles. The number of amides is 1. The molecule has 1 aromatic carbocycles. The third-order valence-electron chi connectivity index (χ3n) is 3.57. The lowest BCUT2D eigenvalue weighted by Crippen LogP contribution is -2.26. The Morgan fingerprint density at radius 1 is 1.28 bits per heavy atom. The Kier molecular flexibility index (Phi) is 5.42. The van der Waals surface area contributed by atoms with E-state index in [9.17, 15) is 4.79 Å². The van der Waals surface area contributed by atoms with Crippen molar-refractivity contribution in [3.63, 3.8) is 0 Å². The van der Waals surface area contributed by atoms with E-state index in [4.69, 9.17) is 23.2 Å². The Labute approximate surface area is 159 Å². The summed E-state index contributed by atoms with van der Waals surface area (Å²) in [5, 5.41) is 10.9. The number of aromatic nitrogens is 3. The van der Waals surface area contributed by atoms with Crippen molar-refractivity contribution in [2.24, 2.45) is 0 Å². The third kappa shape index (κ3) is 4.21. The summed E-state index contributed by atoms with van der Waals surface area (Å²) in [5.41, 5.74) is 3.28. The second kappa shape index (κ2) is 7.56. The first-order valence-electron chi connectivity index (χ1n) is 7.65. The van der Waals surface area contributed by atoms with Crippen LogP contribution in [-0.4, -0.2) is 27.2 Å². The molecule has 0 bridgehead atoms. The van der Waals surface area contributed by atoms with Gasteiger partial charge in [-0.3, -0.25) is 4.79 Å². The summed E-state index contributed by atoms with van der Waals surface area (Å²) in [4.78, 5) is 16.8. The molecule has 25 heavy (non-hydrogen) atoms. The van der Waals surface area contributed by atoms with Crippen LogP contribution >= 0.6 is 34.5 Å². The molecule has 0 aliphatic rings. The van der Waals surface area contributed by atoms with E-state index in [1.165, 1.54) is 11.3 Å². The first-order valence-corrected chi connectivity index (χ1v) is 9.29. The molecule has 2 aromatic heterocycles. The Morgan fingerprint density at radius 2 is 2.08 bits per heavy atom. The van der Waals surface area contributed by atoms with Crippen molar-refractivity contribution in [2.45, 2.75) is 20.3 Å². The van der Waals surface area contributed by atoms with Crippen LogP contribution in [0.5, 0.6) is 0 Å². The van der Waals surface area contributed by atoms with Crippen molar-refractivity contribution in [1.82, 2.24) is 20.1 Å². The number of hydrogen-bond acceptors (Lipinski definition) is 4. The molecular weight excluding hydrogens is 379 g/mol. The predicted octanol–water partition coefficient (Wildman–Crippen LogP) is 4.22. The van der Waals surface area contributed by atoms with E-state index in [-0.39, 0.29) is 5.91 Å². The van der Waals surface area contributed by atoms with Crippen LogP contribution < -0.4 is 5.32 Å². The van der Waals surface area contributed by atoms with Crippen LogP contribution in [0.2, 0.25) is 10.0 Å². The van der Waals surface area contributed by atoms with Crippen LogP contribution in [0.1, 0.15) is 27.4 Å². The minimum atomic E-state index is -0.249. The quantitative estimate of drug-likeness (QED) is 0.704. The number of carbonyl (C=O) groups excluding carboxylic acids is 1. The lowest BCUT2D eigenvalue weighted by atomic mass is 10.2. The molecule has 8 heteroatoms. The van der Waals surface area contributed by atoms with E-state index in [0.29, 0.717) is 28.6 Å². The highest BCUT2D eigenvalue weighted by atomic mass is 35.5. The summed E-state index contributed by atoms with van der Waals surface area (Å²) in [6.45, 7) is 4.41. The molecule has 3 rings (SSSR count). The molecule has 0 aliphatic carbocycles. The van der Waals surface area contributed by atoms with E-state index in [2.05, 4.69) is 15.4 Å². The van der Waals surface area contributed by atoms with Crippen LogP contribution in [-0.2, 0) is 6.42 Å². The molecule has 0 fully saturated rings. The fourth-order valence-corrected chi connectivity index (χ4v) is 3.64. The van der Waals surface area contributed by atoms with Crippen LogP contribution in [0, 0.1) is 13.8 Å². The van der Waals surface area contributed by atoms with Gasteiger partial charge in [0.1, 0.15) is 0 Å². The molecular formula is C17H16Cl2N4OS. The molecule has 0 aliphatic heterocycles. The fourth-order valence-electron chi connectivity index (χ4n) is 2.40. The molecule has 130 valence electrons. The number of rotatable bonds is 5. The van der Waals surface area contributed by atoms with Gasteiger partial charge in [-0.2, -0.15) is 5.10 Å². The number of aryl methyl sites for hydroxylation is 2. The summed E-state index contributed by atoms with van der Waals surface area (Å²) in [6, 6.07) is 6.83. The van der Waals surface area contributed by atoms with Crippen LogP contribution in [0.3, 0.4) is 0 Å². The maximum Gasteiger partial charge on any atom is 0.252 e. The lowest BCUT2D eigenvalue weighted by Gasteiger charge is -2.06. The van der Waals surface area contributed by atoms with Crippen LogP contribution in [0.4, 0.5) is 0 Å². The van der Waals surface area contributed by atoms with Crippen LogP contribution in [0.15, 0.2) is 29.6 Å². The number of benzene rings is 1. The maximum atomic E-state index is 12.2. The van der Waals surface area contributed by atoms with Gasteiger partial charge in [0, 0.05) is 29.1 Å². The van der Waals surface area contributed by atoms with Crippen molar-refractivity contribution in [3.05, 3.63) is 62.3 Å². The van der Waals surface area contributed by atoms with Crippen molar-refractivity contribution in [3.8, 4) is 5.13 Å². The monoisotopic (exact) mass is 394 g/mol. The van der Waals surface area contributed by atoms with Gasteiger partial charge < -0.3 is 5.32 Å². The molecule has 2 heterocycles. The highest BCUT2D eigenvalue weighted by molar-refractivity contribution is 7.12. The zero-order valence-electron chi connectivity index (χ0n) is 13.7. The third-order valence-corrected chi connectivity index (χ3v) is 5.00. The molecule has 0 saturated heterocycles. The zero-order chi connectivity index (χ0) is 18.0. The van der Waals surface area contributed by atoms with Gasteiger partial charge in [-0.1, -0.05) is 23.2 Å². The molecule has 3 aromatic rings. The SMILES string of the molecule is Cc1cc(C)n(-c2nc(CCNC(=O)c3cc(Cl)ccc3Cl)cs2)n1. The van der Waals surface area contributed by atoms with E-state index < -0.39 is 0 Å². The topological polar surface area (TPSA) is 59.8 Å². The second-order valence-corrected chi connectivity index (χ2v) is 7.27. The first-order chi connectivity index (χ1) is 11.9. The minimum Gasteiger partial charge on any atom is -0.352 e. The molecule has 1 N–H and O–H groups in total. The summed E-state index contributed by atoms with van der Waals surface area (Å²) in [5.74, 6) is -0.249. The molecule has 5 nitrogen and oxygen atoms in total. The average Bonchev–Trinajstić information content (AvgIpc) is 3.15. The van der Waals surface area contributed by atoms with E-state index in [1.54, 1.807) is 18.2 Å². The fraction of sp³-hybridized carbons (Fsp3) is 0.235. The average molecular weight is 395 g/mol. The second-order valence-electron chi connectivity index (χ2n) is 5.59. The van der Waals surface area contributed by atoms with Gasteiger partial charge in [0.2, 0.25) is 5.13 Å². The highest BCUT2D eigenvalue weighted by Crippen LogP contribution is 2.21. The minimum absolute atomic E-state index is 0.249. The van der Waals surface area contributed by atoms with Gasteiger partial charge in [0.25, 0.3) is 5.91 Å². The van der Waals surface area contributed by atoms with Crippen molar-refractivity contribution >= 4 is 40.4 Å². The Bertz CT molecular complexity index is 919. The van der Waals surface area contributed by atoms with Gasteiger partial charge in [0.05, 0.1) is 22.0 Å². The highest BCUT2D eigenvalue weighted by Gasteiger charge is 2.12. The van der Waals surface area contributed by atoms with Crippen LogP contribution in [0.25, 0.3) is 5.13 Å². The molecule has 0 atom stereocenters. The van der Waals surface area contributed by atoms with Gasteiger partial charge in [-0.15, -0.1) is 11.3 Å². The van der Waals surface area contributed by atoms with E-state index in [1.807, 2.05) is 30.0 Å². The molecule has 0 spiro atoms. The molecule has 0 unspecified atom stereocenters. The smallest absolute Gasteiger partial charge is 0.252 e. The normalized spacial score (nSPS) is 10.9. The maximum absolute atomic E-state index is 12.2. The molecule has 1 amide bonds. The lowest BCUT2D eigenvalue weighted by molar-refractivity contribution is 0.0954. The standard InChI is InChI=1S/C17H16Cl2N4OS/c1-10-7-11(2)23(22-10)17-21-13(9-25-17)5-6-20-16(24)14-8-12(18)3-4-15(14)19/h3-4,7-9H,5-6H2,1-2H3,(H,20,24). The number of nitrogens with one attached hydrogen (secondary N) is 1. The summed E-state index contributed by atoms with van der Waals surface area (Å²) in [6.07, 6.45) is 0.625. The predicted molar refractivity (Wildman–Crippen MR) is 101 cm³/mol. The van der Waals surface area contributed by atoms with Crippen molar-refractivity contribution in [1.29, 1.82) is 0 Å². The largest absolute Gasteiger partial charge is 0.352 e. The first kappa shape index (κ1) is 17.9. The number of halogens is 2. The van der Waals surface area contributed by atoms with Crippen molar-refractivity contribution < 1.29 is 4.79 Å². The van der Waals surface area contributed by atoms with Gasteiger partial charge in [-0.05, 0) is 38.1 Å². The van der Waals surface area contributed by atoms with E-state index in [0.717, 1.165) is 22.2 Å². The van der Waals surface area contributed by atoms with Gasteiger partial charge in [-0.25, -0.2) is 9.67 Å². The van der Waals surface area contributed by atoms with Gasteiger partial charge in [0.15, 0.2) is 0 Å². The Balaban J connectivity index is 1.60. The van der Waals surface area contributed by atoms with Crippen molar-refractivity contribution in [2.75, 3.05) is 6.54 Å². The number of thiazole rings is 1. The Hall–Kier alpha value is -1.89. The van der Waals surface area contributed by atoms with Gasteiger partial charge >= 0.3 is 0 Å². The summed E-state index contributed by atoms with van der Waals surface area (Å²) >= 11 is 13.5. The summed E-state index contributed by atoms with van der Waals surface area (Å²) in [7, 11) is 0. The number of nitrogens with zero attached hydrogens (tertiary/aromatic N) is 3. The zero-order valence-corrected chi connectivity index (χ0v) is 16.0. The summed E-state index contributed by atoms with van der Waals surface area (Å²) < 4.78 is 1.83. The molecule has 0 radical (unpaired) electrons. The number of hydrogen-bond donors (Lipinski definition) is 1. The Morgan fingerprint density at radius 3 is 2.80 bits per heavy atom. The van der Waals surface area contributed by atoms with E-state index >= 15 is 0 Å². The number of carbonyl (C=O) groups is 1.